The van der Waals surface area contributed by atoms with Crippen molar-refractivity contribution in [2.45, 2.75) is 26.1 Å². The summed E-state index contributed by atoms with van der Waals surface area (Å²) < 4.78 is 24.5. The van der Waals surface area contributed by atoms with Crippen LogP contribution in [0.5, 0.6) is 5.75 Å². The molecule has 1 aromatic rings. The van der Waals surface area contributed by atoms with Gasteiger partial charge in [0.1, 0.15) is 0 Å². The number of halogens is 1. The maximum atomic E-state index is 13.9. The van der Waals surface area contributed by atoms with Gasteiger partial charge in [0.25, 0.3) is 5.91 Å². The molecule has 0 spiro atoms. The molecule has 21 heavy (non-hydrogen) atoms. The van der Waals surface area contributed by atoms with Gasteiger partial charge in [-0.3, -0.25) is 4.79 Å². The summed E-state index contributed by atoms with van der Waals surface area (Å²) in [5.41, 5.74) is 0.465. The highest BCUT2D eigenvalue weighted by Gasteiger charge is 2.24. The zero-order chi connectivity index (χ0) is 15.4. The first kappa shape index (κ1) is 15.7. The van der Waals surface area contributed by atoms with E-state index in [-0.39, 0.29) is 11.7 Å². The lowest BCUT2D eigenvalue weighted by Crippen LogP contribution is -2.46. The quantitative estimate of drug-likeness (QED) is 0.915. The van der Waals surface area contributed by atoms with E-state index in [4.69, 9.17) is 9.47 Å². The maximum Gasteiger partial charge on any atom is 0.263 e. The Morgan fingerprint density at radius 3 is 2.62 bits per heavy atom. The fourth-order valence-electron chi connectivity index (χ4n) is 2.15. The summed E-state index contributed by atoms with van der Waals surface area (Å²) in [4.78, 5) is 13.8. The standard InChI is InChI=1S/C15H20FNO4/c1-10(18)12-3-4-14(13(16)9-12)21-11(2)15(19)17-5-7-20-8-6-17/h3-4,9-11,18H,5-8H2,1-2H3. The molecule has 2 unspecified atom stereocenters. The van der Waals surface area contributed by atoms with E-state index in [9.17, 15) is 14.3 Å². The van der Waals surface area contributed by atoms with Crippen LogP contribution in [0, 0.1) is 5.82 Å². The number of hydrogen-bond donors (Lipinski definition) is 1. The van der Waals surface area contributed by atoms with Crippen LogP contribution in [-0.2, 0) is 9.53 Å². The second-order valence-corrected chi connectivity index (χ2v) is 5.06. The van der Waals surface area contributed by atoms with Gasteiger partial charge in [0.05, 0.1) is 19.3 Å². The van der Waals surface area contributed by atoms with E-state index in [0.717, 1.165) is 0 Å². The van der Waals surface area contributed by atoms with Crippen LogP contribution in [0.25, 0.3) is 0 Å². The van der Waals surface area contributed by atoms with Crippen molar-refractivity contribution in [3.8, 4) is 5.75 Å². The molecule has 6 heteroatoms. The van der Waals surface area contributed by atoms with Crippen molar-refractivity contribution in [3.05, 3.63) is 29.6 Å². The fraction of sp³-hybridized carbons (Fsp3) is 0.533. The molecule has 0 radical (unpaired) electrons. The number of aliphatic hydroxyl groups is 1. The number of hydrogen-bond acceptors (Lipinski definition) is 4. The number of morpholine rings is 1. The maximum absolute atomic E-state index is 13.9. The summed E-state index contributed by atoms with van der Waals surface area (Å²) in [7, 11) is 0. The highest BCUT2D eigenvalue weighted by molar-refractivity contribution is 5.81. The molecule has 1 aliphatic rings. The summed E-state index contributed by atoms with van der Waals surface area (Å²) in [6.07, 6.45) is -1.52. The first-order valence-electron chi connectivity index (χ1n) is 6.99. The minimum Gasteiger partial charge on any atom is -0.478 e. The number of carbonyl (C=O) groups excluding carboxylic acids is 1. The molecule has 1 aromatic carbocycles. The molecule has 2 atom stereocenters. The summed E-state index contributed by atoms with van der Waals surface area (Å²) in [5, 5.41) is 9.40. The van der Waals surface area contributed by atoms with E-state index < -0.39 is 18.0 Å². The molecule has 1 aliphatic heterocycles. The third-order valence-corrected chi connectivity index (χ3v) is 3.41. The van der Waals surface area contributed by atoms with Crippen LogP contribution < -0.4 is 4.74 Å². The van der Waals surface area contributed by atoms with Gasteiger partial charge in [-0.05, 0) is 31.5 Å². The van der Waals surface area contributed by atoms with E-state index in [2.05, 4.69) is 0 Å². The molecule has 1 heterocycles. The zero-order valence-corrected chi connectivity index (χ0v) is 12.2. The Kier molecular flexibility index (Phi) is 5.14. The van der Waals surface area contributed by atoms with E-state index >= 15 is 0 Å². The van der Waals surface area contributed by atoms with Gasteiger partial charge in [-0.1, -0.05) is 6.07 Å². The molecule has 1 saturated heterocycles. The molecule has 5 nitrogen and oxygen atoms in total. The smallest absolute Gasteiger partial charge is 0.263 e. The van der Waals surface area contributed by atoms with E-state index in [1.165, 1.54) is 12.1 Å². The number of benzene rings is 1. The lowest BCUT2D eigenvalue weighted by Gasteiger charge is -2.29. The van der Waals surface area contributed by atoms with Crippen molar-refractivity contribution in [1.29, 1.82) is 0 Å². The number of ether oxygens (including phenoxy) is 2. The molecule has 0 aromatic heterocycles. The van der Waals surface area contributed by atoms with Crippen LogP contribution in [0.4, 0.5) is 4.39 Å². The third kappa shape index (κ3) is 3.92. The zero-order valence-electron chi connectivity index (χ0n) is 12.2. The van der Waals surface area contributed by atoms with Gasteiger partial charge in [0.2, 0.25) is 0 Å². The highest BCUT2D eigenvalue weighted by atomic mass is 19.1. The summed E-state index contributed by atoms with van der Waals surface area (Å²) in [6, 6.07) is 4.22. The SMILES string of the molecule is CC(Oc1ccc(C(C)O)cc1F)C(=O)N1CCOCC1. The Labute approximate surface area is 123 Å². The van der Waals surface area contributed by atoms with Crippen molar-refractivity contribution in [1.82, 2.24) is 4.90 Å². The minimum absolute atomic E-state index is 0.00788. The Hall–Kier alpha value is -1.66. The predicted molar refractivity (Wildman–Crippen MR) is 74.5 cm³/mol. The van der Waals surface area contributed by atoms with E-state index in [1.54, 1.807) is 24.8 Å². The lowest BCUT2D eigenvalue weighted by atomic mass is 10.1. The molecular formula is C15H20FNO4. The number of amides is 1. The average Bonchev–Trinajstić information content (AvgIpc) is 2.49. The van der Waals surface area contributed by atoms with Gasteiger partial charge in [0.15, 0.2) is 17.7 Å². The molecule has 0 aliphatic carbocycles. The van der Waals surface area contributed by atoms with Gasteiger partial charge in [-0.2, -0.15) is 0 Å². The lowest BCUT2D eigenvalue weighted by molar-refractivity contribution is -0.142. The number of carbonyl (C=O) groups is 1. The molecule has 116 valence electrons. The second kappa shape index (κ2) is 6.87. The first-order valence-corrected chi connectivity index (χ1v) is 6.99. The number of rotatable bonds is 4. The van der Waals surface area contributed by atoms with Crippen LogP contribution in [-0.4, -0.2) is 48.3 Å². The highest BCUT2D eigenvalue weighted by Crippen LogP contribution is 2.23. The molecule has 0 saturated carbocycles. The Bertz CT molecular complexity index is 500. The van der Waals surface area contributed by atoms with Crippen LogP contribution >= 0.6 is 0 Å². The molecule has 1 amide bonds. The van der Waals surface area contributed by atoms with Crippen molar-refractivity contribution in [2.24, 2.45) is 0 Å². The average molecular weight is 297 g/mol. The van der Waals surface area contributed by atoms with Gasteiger partial charge < -0.3 is 19.5 Å². The largest absolute Gasteiger partial charge is 0.478 e. The third-order valence-electron chi connectivity index (χ3n) is 3.41. The summed E-state index contributed by atoms with van der Waals surface area (Å²) >= 11 is 0. The normalized spacial score (nSPS) is 18.2. The molecule has 1 fully saturated rings. The van der Waals surface area contributed by atoms with Crippen LogP contribution in [0.15, 0.2) is 18.2 Å². The molecule has 1 N–H and O–H groups in total. The van der Waals surface area contributed by atoms with Crippen LogP contribution in [0.1, 0.15) is 25.5 Å². The van der Waals surface area contributed by atoms with Crippen molar-refractivity contribution < 1.29 is 23.8 Å². The van der Waals surface area contributed by atoms with E-state index in [1.807, 2.05) is 0 Å². The monoisotopic (exact) mass is 297 g/mol. The number of aliphatic hydroxyl groups excluding tert-OH is 1. The van der Waals surface area contributed by atoms with E-state index in [0.29, 0.717) is 31.9 Å². The summed E-state index contributed by atoms with van der Waals surface area (Å²) in [6.45, 7) is 5.22. The molecular weight excluding hydrogens is 277 g/mol. The van der Waals surface area contributed by atoms with Gasteiger partial charge in [-0.25, -0.2) is 4.39 Å². The topological polar surface area (TPSA) is 59.0 Å². The molecule has 0 bridgehead atoms. The fourth-order valence-corrected chi connectivity index (χ4v) is 2.15. The Morgan fingerprint density at radius 2 is 2.05 bits per heavy atom. The predicted octanol–water partition coefficient (Wildman–Crippen LogP) is 1.51. The van der Waals surface area contributed by atoms with Gasteiger partial charge >= 0.3 is 0 Å². The van der Waals surface area contributed by atoms with Crippen molar-refractivity contribution >= 4 is 5.91 Å². The first-order chi connectivity index (χ1) is 9.99. The number of nitrogens with zero attached hydrogens (tertiary/aromatic N) is 1. The minimum atomic E-state index is -0.769. The van der Waals surface area contributed by atoms with Crippen molar-refractivity contribution in [3.63, 3.8) is 0 Å². The van der Waals surface area contributed by atoms with Crippen LogP contribution in [0.3, 0.4) is 0 Å². The summed E-state index contributed by atoms with van der Waals surface area (Å²) in [5.74, 6) is -0.763. The van der Waals surface area contributed by atoms with Crippen LogP contribution in [0.2, 0.25) is 0 Å². The van der Waals surface area contributed by atoms with Crippen molar-refractivity contribution in [2.75, 3.05) is 26.3 Å². The Balaban J connectivity index is 2.01. The van der Waals surface area contributed by atoms with Gasteiger partial charge in [0, 0.05) is 13.1 Å². The van der Waals surface area contributed by atoms with Gasteiger partial charge in [-0.15, -0.1) is 0 Å². The Morgan fingerprint density at radius 1 is 1.38 bits per heavy atom. The second-order valence-electron chi connectivity index (χ2n) is 5.06. The molecule has 2 rings (SSSR count).